The summed E-state index contributed by atoms with van der Waals surface area (Å²) in [6.07, 6.45) is -0.876. The van der Waals surface area contributed by atoms with Crippen molar-refractivity contribution in [1.82, 2.24) is 0 Å². The van der Waals surface area contributed by atoms with E-state index in [0.29, 0.717) is 5.56 Å². The Hall–Kier alpha value is -2.78. The maximum absolute atomic E-state index is 12.9. The lowest BCUT2D eigenvalue weighted by Crippen LogP contribution is -2.17. The van der Waals surface area contributed by atoms with Crippen molar-refractivity contribution in [3.8, 4) is 11.5 Å². The summed E-state index contributed by atoms with van der Waals surface area (Å²) in [5.74, 6) is -1.60. The van der Waals surface area contributed by atoms with Gasteiger partial charge in [0, 0.05) is 11.6 Å². The Labute approximate surface area is 163 Å². The van der Waals surface area contributed by atoms with E-state index in [9.17, 15) is 23.4 Å². The molecule has 1 atom stereocenters. The number of aliphatic hydroxyl groups excluding tert-OH is 1. The first kappa shape index (κ1) is 21.5. The minimum absolute atomic E-state index is 0.0294. The summed E-state index contributed by atoms with van der Waals surface area (Å²) in [6, 6.07) is 8.64. The summed E-state index contributed by atoms with van der Waals surface area (Å²) in [5, 5.41) is 19.8. The number of methoxy groups -OCH3 is 2. The molecule has 3 N–H and O–H groups in total. The second-order valence-corrected chi connectivity index (χ2v) is 8.08. The van der Waals surface area contributed by atoms with Crippen molar-refractivity contribution in [2.24, 2.45) is 5.92 Å². The van der Waals surface area contributed by atoms with Crippen LogP contribution in [0.2, 0.25) is 0 Å². The molecule has 0 radical (unpaired) electrons. The lowest BCUT2D eigenvalue weighted by molar-refractivity contribution is 0.0692. The van der Waals surface area contributed by atoms with Crippen molar-refractivity contribution in [3.05, 3.63) is 47.5 Å². The van der Waals surface area contributed by atoms with E-state index in [0.717, 1.165) is 6.07 Å². The third-order valence-corrected chi connectivity index (χ3v) is 5.49. The number of rotatable bonds is 8. The number of ether oxygens (including phenoxy) is 2. The molecule has 152 valence electrons. The second kappa shape index (κ2) is 8.49. The normalized spacial score (nSPS) is 12.5. The van der Waals surface area contributed by atoms with Crippen LogP contribution in [0.3, 0.4) is 0 Å². The molecule has 0 saturated carbocycles. The van der Waals surface area contributed by atoms with E-state index >= 15 is 0 Å². The summed E-state index contributed by atoms with van der Waals surface area (Å²) >= 11 is 0. The van der Waals surface area contributed by atoms with Crippen LogP contribution >= 0.6 is 0 Å². The van der Waals surface area contributed by atoms with Gasteiger partial charge in [0.15, 0.2) is 11.5 Å². The Kier molecular flexibility index (Phi) is 6.52. The minimum atomic E-state index is -4.17. The number of para-hydroxylation sites is 1. The summed E-state index contributed by atoms with van der Waals surface area (Å²) in [4.78, 5) is 11.2. The molecular weight excluding hydrogens is 386 g/mol. The maximum Gasteiger partial charge on any atom is 0.339 e. The Morgan fingerprint density at radius 2 is 1.75 bits per heavy atom. The van der Waals surface area contributed by atoms with Crippen LogP contribution in [0.25, 0.3) is 0 Å². The predicted molar refractivity (Wildman–Crippen MR) is 104 cm³/mol. The molecule has 28 heavy (non-hydrogen) atoms. The third-order valence-electron chi connectivity index (χ3n) is 4.15. The van der Waals surface area contributed by atoms with Gasteiger partial charge in [0.05, 0.1) is 30.9 Å². The van der Waals surface area contributed by atoms with Crippen molar-refractivity contribution in [3.63, 3.8) is 0 Å². The molecule has 0 aromatic heterocycles. The molecule has 0 aliphatic carbocycles. The van der Waals surface area contributed by atoms with Gasteiger partial charge in [-0.1, -0.05) is 32.0 Å². The number of sulfonamides is 1. The molecule has 0 fully saturated rings. The third kappa shape index (κ3) is 4.37. The molecule has 2 aromatic rings. The number of carbonyl (C=O) groups is 1. The van der Waals surface area contributed by atoms with Gasteiger partial charge in [-0.25, -0.2) is 13.2 Å². The largest absolute Gasteiger partial charge is 0.493 e. The standard InChI is InChI=1S/C19H23NO7S/c1-11(2)17(21)13-7-5-6-8-15(13)20-28(24,25)12-9-14(19(22)23)18(27-4)16(10-12)26-3/h5-11,17,20-21H,1-4H3,(H,22,23). The zero-order chi connectivity index (χ0) is 21.1. The number of nitrogens with one attached hydrogen (secondary N) is 1. The summed E-state index contributed by atoms with van der Waals surface area (Å²) < 4.78 is 38.4. The van der Waals surface area contributed by atoms with Gasteiger partial charge in [-0.3, -0.25) is 4.72 Å². The highest BCUT2D eigenvalue weighted by Crippen LogP contribution is 2.35. The van der Waals surface area contributed by atoms with E-state index in [1.807, 2.05) is 13.8 Å². The van der Waals surface area contributed by atoms with E-state index < -0.39 is 22.1 Å². The highest BCUT2D eigenvalue weighted by Gasteiger charge is 2.25. The summed E-state index contributed by atoms with van der Waals surface area (Å²) in [7, 11) is -1.63. The number of aromatic carboxylic acids is 1. The van der Waals surface area contributed by atoms with E-state index in [1.54, 1.807) is 18.2 Å². The maximum atomic E-state index is 12.9. The quantitative estimate of drug-likeness (QED) is 0.613. The number of carboxylic acids is 1. The fourth-order valence-electron chi connectivity index (χ4n) is 2.66. The van der Waals surface area contributed by atoms with Crippen LogP contribution < -0.4 is 14.2 Å². The second-order valence-electron chi connectivity index (χ2n) is 6.39. The van der Waals surface area contributed by atoms with Crippen molar-refractivity contribution >= 4 is 21.7 Å². The van der Waals surface area contributed by atoms with Gasteiger partial charge < -0.3 is 19.7 Å². The molecule has 0 spiro atoms. The molecule has 2 aromatic carbocycles. The van der Waals surface area contributed by atoms with Crippen molar-refractivity contribution in [2.45, 2.75) is 24.8 Å². The molecule has 0 saturated heterocycles. The SMILES string of the molecule is COc1cc(S(=O)(=O)Nc2ccccc2C(O)C(C)C)cc(C(=O)O)c1OC. The molecular formula is C19H23NO7S. The van der Waals surface area contributed by atoms with Crippen LogP contribution in [0.5, 0.6) is 11.5 Å². The topological polar surface area (TPSA) is 122 Å². The van der Waals surface area contributed by atoms with Gasteiger partial charge in [-0.05, 0) is 18.1 Å². The number of hydrogen-bond acceptors (Lipinski definition) is 6. The van der Waals surface area contributed by atoms with Crippen molar-refractivity contribution in [1.29, 1.82) is 0 Å². The number of anilines is 1. The monoisotopic (exact) mass is 409 g/mol. The molecule has 2 rings (SSSR count). The van der Waals surface area contributed by atoms with Crippen LogP contribution in [0.4, 0.5) is 5.69 Å². The highest BCUT2D eigenvalue weighted by molar-refractivity contribution is 7.92. The first-order valence-electron chi connectivity index (χ1n) is 8.41. The van der Waals surface area contributed by atoms with Gasteiger partial charge in [0.2, 0.25) is 0 Å². The van der Waals surface area contributed by atoms with E-state index in [-0.39, 0.29) is 33.6 Å². The van der Waals surface area contributed by atoms with E-state index in [4.69, 9.17) is 9.47 Å². The van der Waals surface area contributed by atoms with Gasteiger partial charge in [0.25, 0.3) is 10.0 Å². The average molecular weight is 409 g/mol. The molecule has 0 aliphatic rings. The zero-order valence-corrected chi connectivity index (χ0v) is 16.8. The van der Waals surface area contributed by atoms with Gasteiger partial charge in [-0.2, -0.15) is 0 Å². The Morgan fingerprint density at radius 3 is 2.29 bits per heavy atom. The minimum Gasteiger partial charge on any atom is -0.493 e. The van der Waals surface area contributed by atoms with Gasteiger partial charge >= 0.3 is 5.97 Å². The molecule has 0 bridgehead atoms. The number of benzene rings is 2. The number of carboxylic acid groups (broad SMARTS) is 1. The van der Waals surface area contributed by atoms with Crippen LogP contribution in [0, 0.1) is 5.92 Å². The predicted octanol–water partition coefficient (Wildman–Crippen LogP) is 2.89. The van der Waals surface area contributed by atoms with Crippen LogP contribution in [0.1, 0.15) is 35.9 Å². The van der Waals surface area contributed by atoms with Crippen LogP contribution in [0.15, 0.2) is 41.3 Å². The zero-order valence-electron chi connectivity index (χ0n) is 16.0. The molecule has 9 heteroatoms. The first-order valence-corrected chi connectivity index (χ1v) is 9.89. The van der Waals surface area contributed by atoms with Crippen LogP contribution in [-0.2, 0) is 10.0 Å². The first-order chi connectivity index (χ1) is 13.1. The molecule has 0 amide bonds. The van der Waals surface area contributed by atoms with Crippen molar-refractivity contribution < 1.29 is 32.9 Å². The fraction of sp³-hybridized carbons (Fsp3) is 0.316. The summed E-state index contributed by atoms with van der Waals surface area (Å²) in [5.41, 5.74) is 0.271. The molecule has 0 heterocycles. The fourth-order valence-corrected chi connectivity index (χ4v) is 3.79. The lowest BCUT2D eigenvalue weighted by atomic mass is 9.98. The molecule has 0 aliphatic heterocycles. The Balaban J connectivity index is 2.55. The van der Waals surface area contributed by atoms with Crippen molar-refractivity contribution in [2.75, 3.05) is 18.9 Å². The van der Waals surface area contributed by atoms with Crippen LogP contribution in [-0.4, -0.2) is 38.8 Å². The van der Waals surface area contributed by atoms with E-state index in [2.05, 4.69) is 4.72 Å². The van der Waals surface area contributed by atoms with E-state index in [1.165, 1.54) is 26.4 Å². The number of hydrogen-bond donors (Lipinski definition) is 3. The lowest BCUT2D eigenvalue weighted by Gasteiger charge is -2.20. The Morgan fingerprint density at radius 1 is 1.11 bits per heavy atom. The van der Waals surface area contributed by atoms with Gasteiger partial charge in [-0.15, -0.1) is 0 Å². The summed E-state index contributed by atoms with van der Waals surface area (Å²) in [6.45, 7) is 3.62. The Bertz CT molecular complexity index is 970. The van der Waals surface area contributed by atoms with Gasteiger partial charge in [0.1, 0.15) is 5.56 Å². The molecule has 1 unspecified atom stereocenters. The highest BCUT2D eigenvalue weighted by atomic mass is 32.2. The number of aliphatic hydroxyl groups is 1. The smallest absolute Gasteiger partial charge is 0.339 e. The average Bonchev–Trinajstić information content (AvgIpc) is 2.66. The molecule has 8 nitrogen and oxygen atoms in total.